The van der Waals surface area contributed by atoms with E-state index in [0.29, 0.717) is 17.5 Å². The van der Waals surface area contributed by atoms with Gasteiger partial charge in [-0.05, 0) is 16.7 Å². The summed E-state index contributed by atoms with van der Waals surface area (Å²) in [5.41, 5.74) is 13.0. The van der Waals surface area contributed by atoms with E-state index >= 15 is 0 Å². The molecule has 9 aromatic rings. The van der Waals surface area contributed by atoms with Crippen LogP contribution in [-0.2, 0) is 5.41 Å². The van der Waals surface area contributed by atoms with E-state index in [1.54, 1.807) is 0 Å². The summed E-state index contributed by atoms with van der Waals surface area (Å²) in [4.78, 5) is 15.3. The van der Waals surface area contributed by atoms with Crippen molar-refractivity contribution in [1.82, 2.24) is 15.0 Å². The fraction of sp³-hybridized carbons (Fsp3) is 0.0625. The monoisotopic (exact) mass is 731 g/mol. The molecule has 0 bridgehead atoms. The first kappa shape index (κ1) is 30.9. The van der Waals surface area contributed by atoms with Crippen LogP contribution in [0.2, 0.25) is 0 Å². The Labute approximate surface area is 309 Å². The number of hydrogen-bond acceptors (Lipinski definition) is 3. The molecule has 2 heterocycles. The average Bonchev–Trinajstić information content (AvgIpc) is 3.70. The third-order valence-electron chi connectivity index (χ3n) is 10.5. The van der Waals surface area contributed by atoms with E-state index in [2.05, 4.69) is 159 Å². The van der Waals surface area contributed by atoms with Crippen LogP contribution in [0.5, 0.6) is 0 Å². The van der Waals surface area contributed by atoms with Crippen molar-refractivity contribution in [3.05, 3.63) is 175 Å². The van der Waals surface area contributed by atoms with Gasteiger partial charge in [0.25, 0.3) is 0 Å². The summed E-state index contributed by atoms with van der Waals surface area (Å²) >= 11 is 0.238. The zero-order valence-corrected chi connectivity index (χ0v) is 30.6. The molecule has 0 atom stereocenters. The van der Waals surface area contributed by atoms with Crippen LogP contribution in [0.25, 0.3) is 86.8 Å². The van der Waals surface area contributed by atoms with Crippen molar-refractivity contribution in [2.75, 3.05) is 0 Å². The van der Waals surface area contributed by atoms with Crippen molar-refractivity contribution >= 4 is 33.8 Å². The van der Waals surface area contributed by atoms with E-state index in [-0.39, 0.29) is 19.9 Å². The topological polar surface area (TPSA) is 38.7 Å². The van der Waals surface area contributed by atoms with E-state index in [1.807, 2.05) is 18.2 Å². The van der Waals surface area contributed by atoms with Crippen molar-refractivity contribution in [3.8, 4) is 67.5 Å². The van der Waals surface area contributed by atoms with Crippen LogP contribution in [0.4, 0.5) is 0 Å². The smallest absolute Gasteiger partial charge is 0.0300 e. The van der Waals surface area contributed by atoms with Gasteiger partial charge in [0.05, 0.1) is 0 Å². The molecule has 0 unspecified atom stereocenters. The van der Waals surface area contributed by atoms with Gasteiger partial charge in [0.2, 0.25) is 0 Å². The van der Waals surface area contributed by atoms with Crippen LogP contribution in [0, 0.1) is 0 Å². The Morgan fingerprint density at radius 2 is 0.942 bits per heavy atom. The fourth-order valence-electron chi connectivity index (χ4n) is 7.91. The van der Waals surface area contributed by atoms with Gasteiger partial charge in [-0.15, -0.1) is 0 Å². The molecule has 10 rings (SSSR count). The van der Waals surface area contributed by atoms with Gasteiger partial charge in [0.1, 0.15) is 0 Å². The first-order valence-corrected chi connectivity index (χ1v) is 19.4. The molecule has 2 aromatic heterocycles. The van der Waals surface area contributed by atoms with E-state index < -0.39 is 0 Å². The van der Waals surface area contributed by atoms with Gasteiger partial charge in [-0.1, -0.05) is 44.2 Å². The molecule has 0 fully saturated rings. The summed E-state index contributed by atoms with van der Waals surface area (Å²) in [5, 5.41) is 2.73. The van der Waals surface area contributed by atoms with Crippen LogP contribution >= 0.6 is 0 Å². The second kappa shape index (κ2) is 12.1. The molecule has 246 valence electrons. The normalized spacial score (nSPS) is 13.0. The molecule has 52 heavy (non-hydrogen) atoms. The Bertz CT molecular complexity index is 2820. The molecular weight excluding hydrogens is 698 g/mol. The van der Waals surface area contributed by atoms with Gasteiger partial charge in [-0.3, -0.25) is 0 Å². The van der Waals surface area contributed by atoms with Gasteiger partial charge in [0.15, 0.2) is 0 Å². The minimum Gasteiger partial charge on any atom is -0.0300 e. The first-order valence-electron chi connectivity index (χ1n) is 17.7. The van der Waals surface area contributed by atoms with Gasteiger partial charge in [-0.2, -0.15) is 0 Å². The summed E-state index contributed by atoms with van der Waals surface area (Å²) < 4.78 is 2.86. The number of nitrogens with zero attached hydrogens (tertiary/aromatic N) is 3. The van der Waals surface area contributed by atoms with Gasteiger partial charge in [-0.25, -0.2) is 0 Å². The molecular formula is C48H33N3Se. The third kappa shape index (κ3) is 5.06. The maximum atomic E-state index is 5.16. The van der Waals surface area contributed by atoms with Crippen molar-refractivity contribution in [2.45, 2.75) is 19.3 Å². The predicted octanol–water partition coefficient (Wildman–Crippen LogP) is 11.9. The summed E-state index contributed by atoms with van der Waals surface area (Å²) in [7, 11) is 0. The van der Waals surface area contributed by atoms with E-state index in [1.165, 1.54) is 58.2 Å². The van der Waals surface area contributed by atoms with Gasteiger partial charge >= 0.3 is 244 Å². The molecule has 7 aromatic carbocycles. The molecule has 0 saturated heterocycles. The zero-order valence-electron chi connectivity index (χ0n) is 28.8. The fourth-order valence-corrected chi connectivity index (χ4v) is 10.4. The SMILES string of the molecule is CC1(C)c2ccccc2-c2cc(-c3nc(-c4ccccc4)nc(-c4cccc(-c5ccc6c(c5)[se]c5cccc(-c7ccccc7)c56)c4)n3)ccc21. The number of hydrogen-bond donors (Lipinski definition) is 0. The number of benzene rings is 7. The molecule has 1 aliphatic rings. The van der Waals surface area contributed by atoms with E-state index in [9.17, 15) is 0 Å². The van der Waals surface area contributed by atoms with Crippen LogP contribution in [0.1, 0.15) is 25.0 Å². The minimum absolute atomic E-state index is 0.0595. The zero-order chi connectivity index (χ0) is 34.8. The Morgan fingerprint density at radius 1 is 0.385 bits per heavy atom. The predicted molar refractivity (Wildman–Crippen MR) is 217 cm³/mol. The first-order chi connectivity index (χ1) is 25.5. The number of fused-ring (bicyclic) bond motifs is 6. The minimum atomic E-state index is -0.0595. The summed E-state index contributed by atoms with van der Waals surface area (Å²) in [6.07, 6.45) is 0. The number of aromatic nitrogens is 3. The van der Waals surface area contributed by atoms with Crippen LogP contribution in [0.15, 0.2) is 164 Å². The molecule has 0 saturated carbocycles. The Kier molecular flexibility index (Phi) is 7.18. The van der Waals surface area contributed by atoms with Crippen LogP contribution in [-0.4, -0.2) is 29.5 Å². The summed E-state index contributed by atoms with van der Waals surface area (Å²) in [6, 6.07) is 58.8. The van der Waals surface area contributed by atoms with Crippen molar-refractivity contribution in [2.24, 2.45) is 0 Å². The number of rotatable bonds is 5. The van der Waals surface area contributed by atoms with Gasteiger partial charge < -0.3 is 0 Å². The maximum absolute atomic E-state index is 5.16. The second-order valence-electron chi connectivity index (χ2n) is 14.0. The quantitative estimate of drug-likeness (QED) is 0.166. The molecule has 0 radical (unpaired) electrons. The van der Waals surface area contributed by atoms with Crippen molar-refractivity contribution in [3.63, 3.8) is 0 Å². The summed E-state index contributed by atoms with van der Waals surface area (Å²) in [5.74, 6) is 2.00. The van der Waals surface area contributed by atoms with E-state index in [0.717, 1.165) is 22.3 Å². The standard InChI is InChI=1S/C48H33N3Se/c1-48(2)40-21-10-9-19-37(40)39-28-35(24-26-41(39)48)47-50-45(31-15-7-4-8-16-31)49-46(51-47)34-18-11-17-32(27-34)33-23-25-38-43(29-33)52-42-22-12-20-36(44(38)42)30-13-5-3-6-14-30/h3-29H,1-2H3. The molecule has 3 nitrogen and oxygen atoms in total. The summed E-state index contributed by atoms with van der Waals surface area (Å²) in [6.45, 7) is 4.61. The Balaban J connectivity index is 1.08. The Hall–Kier alpha value is -5.93. The third-order valence-corrected chi connectivity index (χ3v) is 12.9. The molecule has 0 amide bonds. The molecule has 4 heteroatoms. The molecule has 0 aliphatic heterocycles. The van der Waals surface area contributed by atoms with Gasteiger partial charge in [0, 0.05) is 5.41 Å². The Morgan fingerprint density at radius 3 is 1.73 bits per heavy atom. The van der Waals surface area contributed by atoms with Crippen molar-refractivity contribution in [1.29, 1.82) is 0 Å². The molecule has 1 aliphatic carbocycles. The average molecular weight is 731 g/mol. The van der Waals surface area contributed by atoms with Crippen LogP contribution in [0.3, 0.4) is 0 Å². The van der Waals surface area contributed by atoms with Crippen LogP contribution < -0.4 is 0 Å². The molecule has 0 N–H and O–H groups in total. The van der Waals surface area contributed by atoms with E-state index in [4.69, 9.17) is 15.0 Å². The second-order valence-corrected chi connectivity index (χ2v) is 16.3. The van der Waals surface area contributed by atoms with Crippen molar-refractivity contribution < 1.29 is 0 Å². The molecule has 0 spiro atoms.